The van der Waals surface area contributed by atoms with Crippen LogP contribution in [0.1, 0.15) is 22.3 Å². The summed E-state index contributed by atoms with van der Waals surface area (Å²) in [7, 11) is 0. The highest BCUT2D eigenvalue weighted by molar-refractivity contribution is 5.51. The number of phenols is 4. The van der Waals surface area contributed by atoms with E-state index in [-0.39, 0.29) is 17.2 Å². The minimum absolute atomic E-state index is 0.277. The van der Waals surface area contributed by atoms with Crippen LogP contribution in [-0.2, 0) is 25.7 Å². The van der Waals surface area contributed by atoms with Gasteiger partial charge in [0.2, 0.25) is 0 Å². The molecule has 0 atom stereocenters. The van der Waals surface area contributed by atoms with Crippen molar-refractivity contribution < 1.29 is 25.2 Å². The molecule has 0 radical (unpaired) electrons. The third kappa shape index (κ3) is 5.98. The standard InChI is InChI=1S/C28H26O5/c29-23-12-8-19(9-13-23)4-6-21-2-1-3-25(16-21)33-24-14-10-20(11-15-24)5-7-22-17-26(30)28(32)27(31)18-22/h1-3,8-18,29-32H,4-7H2. The molecule has 0 spiro atoms. The summed E-state index contributed by atoms with van der Waals surface area (Å²) in [5.74, 6) is 0.664. The van der Waals surface area contributed by atoms with Gasteiger partial charge in [0.1, 0.15) is 17.2 Å². The van der Waals surface area contributed by atoms with E-state index < -0.39 is 5.75 Å². The first-order valence-corrected chi connectivity index (χ1v) is 10.8. The lowest BCUT2D eigenvalue weighted by Crippen LogP contribution is -1.93. The van der Waals surface area contributed by atoms with E-state index in [4.69, 9.17) is 4.74 Å². The SMILES string of the molecule is Oc1ccc(CCc2cccc(Oc3ccc(CCc4cc(O)c(O)c(O)c4)cc3)c2)cc1. The van der Waals surface area contributed by atoms with Crippen molar-refractivity contribution in [3.05, 3.63) is 107 Å². The van der Waals surface area contributed by atoms with Gasteiger partial charge in [-0.2, -0.15) is 0 Å². The van der Waals surface area contributed by atoms with Crippen LogP contribution in [0.4, 0.5) is 0 Å². The maximum atomic E-state index is 9.64. The van der Waals surface area contributed by atoms with Crippen LogP contribution in [0.2, 0.25) is 0 Å². The molecule has 0 aromatic heterocycles. The molecule has 5 heteroatoms. The molecule has 0 heterocycles. The van der Waals surface area contributed by atoms with Crippen molar-refractivity contribution in [2.75, 3.05) is 0 Å². The molecule has 0 saturated carbocycles. The molecule has 4 aromatic rings. The maximum absolute atomic E-state index is 9.64. The number of hydrogen-bond acceptors (Lipinski definition) is 5. The van der Waals surface area contributed by atoms with Gasteiger partial charge in [-0.25, -0.2) is 0 Å². The highest BCUT2D eigenvalue weighted by Gasteiger charge is 2.08. The van der Waals surface area contributed by atoms with E-state index in [0.29, 0.717) is 6.42 Å². The second-order valence-electron chi connectivity index (χ2n) is 8.04. The van der Waals surface area contributed by atoms with Gasteiger partial charge in [-0.3, -0.25) is 0 Å². The van der Waals surface area contributed by atoms with Gasteiger partial charge in [-0.1, -0.05) is 36.4 Å². The number of ether oxygens (including phenoxy) is 1. The summed E-state index contributed by atoms with van der Waals surface area (Å²) in [6, 6.07) is 26.1. The zero-order valence-corrected chi connectivity index (χ0v) is 18.1. The van der Waals surface area contributed by atoms with Crippen molar-refractivity contribution in [2.45, 2.75) is 25.7 Å². The van der Waals surface area contributed by atoms with E-state index in [0.717, 1.165) is 41.9 Å². The van der Waals surface area contributed by atoms with Crippen LogP contribution in [0.15, 0.2) is 84.9 Å². The van der Waals surface area contributed by atoms with E-state index in [2.05, 4.69) is 6.07 Å². The van der Waals surface area contributed by atoms with Gasteiger partial charge in [-0.15, -0.1) is 0 Å². The maximum Gasteiger partial charge on any atom is 0.200 e. The van der Waals surface area contributed by atoms with Crippen molar-refractivity contribution >= 4 is 0 Å². The van der Waals surface area contributed by atoms with Crippen molar-refractivity contribution in [2.24, 2.45) is 0 Å². The van der Waals surface area contributed by atoms with Crippen LogP contribution in [-0.4, -0.2) is 20.4 Å². The molecule has 0 bridgehead atoms. The molecule has 0 unspecified atom stereocenters. The highest BCUT2D eigenvalue weighted by atomic mass is 16.5. The summed E-state index contributed by atoms with van der Waals surface area (Å²) in [5, 5.41) is 38.1. The summed E-state index contributed by atoms with van der Waals surface area (Å²) in [5.41, 5.74) is 4.19. The summed E-state index contributed by atoms with van der Waals surface area (Å²) in [6.45, 7) is 0. The van der Waals surface area contributed by atoms with Crippen molar-refractivity contribution in [1.29, 1.82) is 0 Å². The highest BCUT2D eigenvalue weighted by Crippen LogP contribution is 2.35. The quantitative estimate of drug-likeness (QED) is 0.256. The van der Waals surface area contributed by atoms with E-state index in [9.17, 15) is 20.4 Å². The molecule has 4 aromatic carbocycles. The fourth-order valence-electron chi connectivity index (χ4n) is 3.67. The van der Waals surface area contributed by atoms with Crippen LogP contribution in [0.25, 0.3) is 0 Å². The first kappa shape index (κ1) is 22.1. The predicted octanol–water partition coefficient (Wildman–Crippen LogP) is 5.87. The smallest absolute Gasteiger partial charge is 0.200 e. The third-order valence-corrected chi connectivity index (χ3v) is 5.53. The van der Waals surface area contributed by atoms with E-state index in [1.54, 1.807) is 12.1 Å². The zero-order valence-electron chi connectivity index (χ0n) is 18.1. The molecular formula is C28H26O5. The second kappa shape index (κ2) is 10.0. The first-order valence-electron chi connectivity index (χ1n) is 10.8. The van der Waals surface area contributed by atoms with Crippen LogP contribution >= 0.6 is 0 Å². The molecule has 168 valence electrons. The number of phenolic OH excluding ortho intramolecular Hbond substituents is 4. The van der Waals surface area contributed by atoms with Gasteiger partial charge >= 0.3 is 0 Å². The van der Waals surface area contributed by atoms with E-state index in [1.807, 2.05) is 54.6 Å². The third-order valence-electron chi connectivity index (χ3n) is 5.53. The van der Waals surface area contributed by atoms with E-state index in [1.165, 1.54) is 23.3 Å². The number of aromatic hydroxyl groups is 4. The Labute approximate surface area is 192 Å². The normalized spacial score (nSPS) is 10.8. The monoisotopic (exact) mass is 442 g/mol. The van der Waals surface area contributed by atoms with Gasteiger partial charge in [0, 0.05) is 0 Å². The first-order chi connectivity index (χ1) is 16.0. The van der Waals surface area contributed by atoms with Crippen molar-refractivity contribution in [1.82, 2.24) is 0 Å². The Hall–Kier alpha value is -4.12. The number of rotatable bonds is 8. The molecule has 0 aliphatic carbocycles. The Bertz CT molecular complexity index is 1190. The average Bonchev–Trinajstić information content (AvgIpc) is 2.82. The Morgan fingerprint density at radius 3 is 1.67 bits per heavy atom. The molecule has 0 aliphatic heterocycles. The summed E-state index contributed by atoms with van der Waals surface area (Å²) < 4.78 is 6.02. The fraction of sp³-hybridized carbons (Fsp3) is 0.143. The summed E-state index contributed by atoms with van der Waals surface area (Å²) >= 11 is 0. The summed E-state index contributed by atoms with van der Waals surface area (Å²) in [4.78, 5) is 0. The number of benzene rings is 4. The lowest BCUT2D eigenvalue weighted by atomic mass is 10.0. The lowest BCUT2D eigenvalue weighted by Gasteiger charge is -2.09. The van der Waals surface area contributed by atoms with E-state index >= 15 is 0 Å². The Balaban J connectivity index is 1.33. The Morgan fingerprint density at radius 1 is 0.485 bits per heavy atom. The van der Waals surface area contributed by atoms with Gasteiger partial charge in [0.15, 0.2) is 17.2 Å². The average molecular weight is 443 g/mol. The molecule has 0 saturated heterocycles. The number of hydrogen-bond donors (Lipinski definition) is 4. The summed E-state index contributed by atoms with van der Waals surface area (Å²) in [6.07, 6.45) is 3.10. The predicted molar refractivity (Wildman–Crippen MR) is 127 cm³/mol. The van der Waals surface area contributed by atoms with Gasteiger partial charge in [0.25, 0.3) is 0 Å². The molecule has 4 rings (SSSR count). The molecule has 5 nitrogen and oxygen atoms in total. The number of aryl methyl sites for hydroxylation is 4. The second-order valence-corrected chi connectivity index (χ2v) is 8.04. The van der Waals surface area contributed by atoms with Crippen LogP contribution in [0.5, 0.6) is 34.5 Å². The van der Waals surface area contributed by atoms with Gasteiger partial charge in [-0.05, 0) is 96.5 Å². The topological polar surface area (TPSA) is 90.2 Å². The molecule has 4 N–H and O–H groups in total. The zero-order chi connectivity index (χ0) is 23.2. The Kier molecular flexibility index (Phi) is 6.69. The molecule has 33 heavy (non-hydrogen) atoms. The van der Waals surface area contributed by atoms with Crippen molar-refractivity contribution in [3.63, 3.8) is 0 Å². The molecular weight excluding hydrogens is 416 g/mol. The molecule has 0 aliphatic rings. The molecule has 0 fully saturated rings. The largest absolute Gasteiger partial charge is 0.508 e. The van der Waals surface area contributed by atoms with Crippen LogP contribution in [0, 0.1) is 0 Å². The van der Waals surface area contributed by atoms with Crippen LogP contribution in [0.3, 0.4) is 0 Å². The lowest BCUT2D eigenvalue weighted by molar-refractivity contribution is 0.367. The molecule has 0 amide bonds. The minimum atomic E-state index is -0.496. The minimum Gasteiger partial charge on any atom is -0.508 e. The van der Waals surface area contributed by atoms with Gasteiger partial charge in [0.05, 0.1) is 0 Å². The van der Waals surface area contributed by atoms with Crippen LogP contribution < -0.4 is 4.74 Å². The Morgan fingerprint density at radius 2 is 1.03 bits per heavy atom. The van der Waals surface area contributed by atoms with Crippen molar-refractivity contribution in [3.8, 4) is 34.5 Å². The fourth-order valence-corrected chi connectivity index (χ4v) is 3.67. The van der Waals surface area contributed by atoms with Gasteiger partial charge < -0.3 is 25.2 Å².